The molecule has 7 heteroatoms. The molecule has 2 heterocycles. The monoisotopic (exact) mass is 451 g/mol. The Labute approximate surface area is 185 Å². The van der Waals surface area contributed by atoms with E-state index >= 15 is 0 Å². The van der Waals surface area contributed by atoms with Crippen LogP contribution in [0.25, 0.3) is 21.6 Å². The summed E-state index contributed by atoms with van der Waals surface area (Å²) in [5.74, 6) is -1.06. The van der Waals surface area contributed by atoms with Gasteiger partial charge in [0.15, 0.2) is 9.84 Å². The Morgan fingerprint density at radius 2 is 1.58 bits per heavy atom. The Kier molecular flexibility index (Phi) is 5.69. The van der Waals surface area contributed by atoms with E-state index < -0.39 is 27.0 Å². The maximum atomic E-state index is 13.0. The summed E-state index contributed by atoms with van der Waals surface area (Å²) in [6.45, 7) is 0. The highest BCUT2D eigenvalue weighted by molar-refractivity contribution is 7.92. The molecule has 1 atom stereocenters. The van der Waals surface area contributed by atoms with E-state index in [2.05, 4.69) is 6.07 Å². The first-order valence-corrected chi connectivity index (χ1v) is 12.5. The van der Waals surface area contributed by atoms with Gasteiger partial charge < -0.3 is 5.11 Å². The van der Waals surface area contributed by atoms with Crippen LogP contribution in [0.3, 0.4) is 0 Å². The Morgan fingerprint density at radius 3 is 2.16 bits per heavy atom. The van der Waals surface area contributed by atoms with Crippen LogP contribution in [0.2, 0.25) is 0 Å². The molecule has 2 aromatic carbocycles. The fraction of sp³-hybridized carbons (Fsp3) is 0.250. The van der Waals surface area contributed by atoms with Crippen LogP contribution >= 0.6 is 11.3 Å². The van der Waals surface area contributed by atoms with Gasteiger partial charge in [-0.2, -0.15) is 5.26 Å². The maximum absolute atomic E-state index is 13.0. The van der Waals surface area contributed by atoms with Crippen LogP contribution in [0.15, 0.2) is 60.7 Å². The topological polar surface area (TPSA) is 95.2 Å². The highest BCUT2D eigenvalue weighted by Gasteiger charge is 2.49. The predicted molar refractivity (Wildman–Crippen MR) is 121 cm³/mol. The van der Waals surface area contributed by atoms with Gasteiger partial charge in [0.25, 0.3) is 0 Å². The molecule has 1 fully saturated rings. The fourth-order valence-electron chi connectivity index (χ4n) is 4.16. The average molecular weight is 452 g/mol. The Bertz CT molecular complexity index is 1250. The first kappa shape index (κ1) is 21.3. The summed E-state index contributed by atoms with van der Waals surface area (Å²) >= 11 is 1.36. The smallest absolute Gasteiger partial charge is 0.305 e. The second-order valence-electron chi connectivity index (χ2n) is 7.77. The van der Waals surface area contributed by atoms with Gasteiger partial charge in [-0.25, -0.2) is 8.42 Å². The molecular formula is C24H21NO4S2. The van der Waals surface area contributed by atoms with Gasteiger partial charge in [-0.3, -0.25) is 4.79 Å². The van der Waals surface area contributed by atoms with Crippen LogP contribution in [0.5, 0.6) is 0 Å². The number of thiophene rings is 1. The third-order valence-corrected chi connectivity index (χ3v) is 9.90. The molecule has 3 aromatic rings. The van der Waals surface area contributed by atoms with E-state index in [1.807, 2.05) is 42.5 Å². The van der Waals surface area contributed by atoms with Crippen LogP contribution in [0.1, 0.15) is 36.1 Å². The number of carbonyl (C=O) groups is 1. The van der Waals surface area contributed by atoms with Crippen LogP contribution in [-0.4, -0.2) is 25.2 Å². The molecule has 5 nitrogen and oxygen atoms in total. The van der Waals surface area contributed by atoms with Gasteiger partial charge in [-0.1, -0.05) is 42.8 Å². The summed E-state index contributed by atoms with van der Waals surface area (Å²) in [6.07, 6.45) is 1.24. The Morgan fingerprint density at radius 1 is 0.968 bits per heavy atom. The van der Waals surface area contributed by atoms with Crippen LogP contribution in [0, 0.1) is 11.3 Å². The largest absolute Gasteiger partial charge is 0.481 e. The second kappa shape index (κ2) is 8.29. The van der Waals surface area contributed by atoms with Crippen LogP contribution in [-0.2, 0) is 19.4 Å². The Hall–Kier alpha value is -2.95. The first-order chi connectivity index (χ1) is 14.8. The van der Waals surface area contributed by atoms with Crippen molar-refractivity contribution in [2.45, 2.75) is 30.4 Å². The molecule has 0 unspecified atom stereocenters. The molecule has 4 rings (SSSR count). The van der Waals surface area contributed by atoms with Crippen LogP contribution in [0.4, 0.5) is 0 Å². The molecular weight excluding hydrogens is 430 g/mol. The van der Waals surface area contributed by atoms with Crippen molar-refractivity contribution in [2.75, 3.05) is 5.75 Å². The summed E-state index contributed by atoms with van der Waals surface area (Å²) in [5.41, 5.74) is 3.58. The van der Waals surface area contributed by atoms with E-state index in [9.17, 15) is 18.3 Å². The summed E-state index contributed by atoms with van der Waals surface area (Å²) in [5, 5.41) is 18.4. The van der Waals surface area contributed by atoms with Crippen molar-refractivity contribution in [2.24, 2.45) is 0 Å². The van der Waals surface area contributed by atoms with Crippen molar-refractivity contribution in [3.05, 3.63) is 71.1 Å². The van der Waals surface area contributed by atoms with E-state index in [4.69, 9.17) is 5.26 Å². The second-order valence-corrected chi connectivity index (χ2v) is 11.3. The van der Waals surface area contributed by atoms with Crippen LogP contribution < -0.4 is 0 Å². The van der Waals surface area contributed by atoms with E-state index in [1.54, 1.807) is 18.2 Å². The quantitative estimate of drug-likeness (QED) is 0.574. The molecule has 1 aromatic heterocycles. The Balaban J connectivity index is 1.66. The SMILES string of the molecule is N#Cc1ccc(-c2ccc(-c3ccc([C@@]4(CC(=O)O)CCCCS4(=O)=O)s3)cc2)cc1. The molecule has 0 aliphatic carbocycles. The maximum Gasteiger partial charge on any atom is 0.305 e. The number of aliphatic carboxylic acids is 1. The minimum Gasteiger partial charge on any atom is -0.481 e. The normalized spacial score (nSPS) is 20.1. The zero-order valence-corrected chi connectivity index (χ0v) is 18.4. The van der Waals surface area contributed by atoms with E-state index in [0.29, 0.717) is 29.7 Å². The number of carboxylic acid groups (broad SMARTS) is 1. The number of nitriles is 1. The third-order valence-electron chi connectivity index (χ3n) is 5.85. The third kappa shape index (κ3) is 4.01. The predicted octanol–water partition coefficient (Wildman–Crippen LogP) is 5.22. The van der Waals surface area contributed by atoms with E-state index in [0.717, 1.165) is 21.6 Å². The number of sulfone groups is 1. The summed E-state index contributed by atoms with van der Waals surface area (Å²) in [4.78, 5) is 13.1. The lowest BCUT2D eigenvalue weighted by molar-refractivity contribution is -0.137. The number of nitrogens with zero attached hydrogens (tertiary/aromatic N) is 1. The lowest BCUT2D eigenvalue weighted by Crippen LogP contribution is -2.41. The van der Waals surface area contributed by atoms with Gasteiger partial charge in [-0.05, 0) is 53.8 Å². The number of benzene rings is 2. The van der Waals surface area contributed by atoms with Crippen molar-refractivity contribution in [1.29, 1.82) is 5.26 Å². The van der Waals surface area contributed by atoms with Crippen molar-refractivity contribution in [3.63, 3.8) is 0 Å². The lowest BCUT2D eigenvalue weighted by Gasteiger charge is -2.34. The van der Waals surface area contributed by atoms with Crippen molar-refractivity contribution in [1.82, 2.24) is 0 Å². The molecule has 0 spiro atoms. The number of hydrogen-bond acceptors (Lipinski definition) is 5. The highest BCUT2D eigenvalue weighted by atomic mass is 32.2. The van der Waals surface area contributed by atoms with Gasteiger partial charge >= 0.3 is 5.97 Å². The molecule has 1 aliphatic rings. The fourth-order valence-corrected chi connectivity index (χ4v) is 7.94. The van der Waals surface area contributed by atoms with Gasteiger partial charge in [0.05, 0.1) is 23.8 Å². The average Bonchev–Trinajstić information content (AvgIpc) is 3.26. The minimum atomic E-state index is -3.54. The molecule has 0 bridgehead atoms. The zero-order chi connectivity index (χ0) is 22.1. The summed E-state index contributed by atoms with van der Waals surface area (Å²) in [6, 6.07) is 21.1. The van der Waals surface area contributed by atoms with Crippen molar-refractivity contribution in [3.8, 4) is 27.6 Å². The zero-order valence-electron chi connectivity index (χ0n) is 16.7. The molecule has 158 valence electrons. The van der Waals surface area contributed by atoms with Gasteiger partial charge in [0.1, 0.15) is 4.75 Å². The van der Waals surface area contributed by atoms with E-state index in [-0.39, 0.29) is 5.75 Å². The molecule has 0 amide bonds. The lowest BCUT2D eigenvalue weighted by atomic mass is 9.95. The standard InChI is InChI=1S/C24H21NO4S2/c25-16-17-3-5-18(6-4-17)19-7-9-20(10-8-19)21-11-12-22(30-21)24(15-23(26)27)13-1-2-14-31(24,28)29/h3-12H,1-2,13-15H2,(H,26,27)/t24-/m0/s1. The highest BCUT2D eigenvalue weighted by Crippen LogP contribution is 2.47. The number of hydrogen-bond donors (Lipinski definition) is 1. The first-order valence-electron chi connectivity index (χ1n) is 10.00. The summed E-state index contributed by atoms with van der Waals surface area (Å²) < 4.78 is 24.6. The molecule has 1 N–H and O–H groups in total. The number of rotatable bonds is 5. The van der Waals surface area contributed by atoms with Crippen molar-refractivity contribution >= 4 is 27.1 Å². The molecule has 0 saturated carbocycles. The molecule has 1 aliphatic heterocycles. The molecule has 31 heavy (non-hydrogen) atoms. The molecule has 1 saturated heterocycles. The summed E-state index contributed by atoms with van der Waals surface area (Å²) in [7, 11) is -3.54. The van der Waals surface area contributed by atoms with E-state index in [1.165, 1.54) is 11.3 Å². The molecule has 0 radical (unpaired) electrons. The van der Waals surface area contributed by atoms with Gasteiger partial charge in [-0.15, -0.1) is 11.3 Å². The van der Waals surface area contributed by atoms with Crippen molar-refractivity contribution < 1.29 is 18.3 Å². The van der Waals surface area contributed by atoms with Gasteiger partial charge in [0.2, 0.25) is 0 Å². The number of carboxylic acids is 1. The van der Waals surface area contributed by atoms with Gasteiger partial charge in [0, 0.05) is 9.75 Å². The minimum absolute atomic E-state index is 0.0345.